The molecule has 0 bridgehead atoms. The van der Waals surface area contributed by atoms with Gasteiger partial charge in [0.15, 0.2) is 0 Å². The Bertz CT molecular complexity index is 1050. The molecule has 5 heteroatoms. The number of para-hydroxylation sites is 1. The third-order valence-electron chi connectivity index (χ3n) is 4.94. The van der Waals surface area contributed by atoms with Crippen molar-refractivity contribution in [1.29, 1.82) is 0 Å². The zero-order valence-corrected chi connectivity index (χ0v) is 17.0. The Morgan fingerprint density at radius 3 is 2.59 bits per heavy atom. The van der Waals surface area contributed by atoms with Crippen molar-refractivity contribution >= 4 is 35.0 Å². The SMILES string of the molecule is Cc1cccc(C(=O)Nc2ccc(SCC(=O)N3CCc4ccccc43)cc2)c1. The molecule has 0 aromatic heterocycles. The van der Waals surface area contributed by atoms with E-state index in [-0.39, 0.29) is 11.8 Å². The van der Waals surface area contributed by atoms with Crippen LogP contribution in [0, 0.1) is 6.92 Å². The molecule has 0 atom stereocenters. The molecule has 1 aliphatic rings. The zero-order chi connectivity index (χ0) is 20.2. The van der Waals surface area contributed by atoms with Crippen LogP contribution in [-0.2, 0) is 11.2 Å². The summed E-state index contributed by atoms with van der Waals surface area (Å²) >= 11 is 1.51. The molecule has 3 aromatic rings. The van der Waals surface area contributed by atoms with E-state index < -0.39 is 0 Å². The number of carbonyl (C=O) groups excluding carboxylic acids is 2. The first-order valence-corrected chi connectivity index (χ1v) is 10.6. The lowest BCUT2D eigenvalue weighted by atomic mass is 10.1. The summed E-state index contributed by atoms with van der Waals surface area (Å²) in [7, 11) is 0. The van der Waals surface area contributed by atoms with Crippen LogP contribution in [-0.4, -0.2) is 24.1 Å². The van der Waals surface area contributed by atoms with Crippen molar-refractivity contribution in [1.82, 2.24) is 0 Å². The second-order valence-corrected chi connectivity index (χ2v) is 8.11. The second kappa shape index (κ2) is 8.53. The number of fused-ring (bicyclic) bond motifs is 1. The molecule has 0 saturated carbocycles. The van der Waals surface area contributed by atoms with Gasteiger partial charge in [0.1, 0.15) is 0 Å². The third kappa shape index (κ3) is 4.51. The minimum Gasteiger partial charge on any atom is -0.322 e. The summed E-state index contributed by atoms with van der Waals surface area (Å²) in [4.78, 5) is 27.8. The molecule has 0 fully saturated rings. The molecule has 3 aromatic carbocycles. The lowest BCUT2D eigenvalue weighted by molar-refractivity contribution is -0.116. The number of hydrogen-bond acceptors (Lipinski definition) is 3. The van der Waals surface area contributed by atoms with Gasteiger partial charge in [-0.05, 0) is 61.4 Å². The van der Waals surface area contributed by atoms with Crippen LogP contribution in [0.5, 0.6) is 0 Å². The fraction of sp³-hybridized carbons (Fsp3) is 0.167. The smallest absolute Gasteiger partial charge is 0.255 e. The Kier molecular flexibility index (Phi) is 5.67. The zero-order valence-electron chi connectivity index (χ0n) is 16.2. The molecular formula is C24H22N2O2S. The first kappa shape index (κ1) is 19.3. The van der Waals surface area contributed by atoms with Gasteiger partial charge in [-0.3, -0.25) is 9.59 Å². The minimum atomic E-state index is -0.128. The molecule has 1 heterocycles. The van der Waals surface area contributed by atoms with Gasteiger partial charge in [-0.1, -0.05) is 35.9 Å². The predicted octanol–water partition coefficient (Wildman–Crippen LogP) is 4.93. The van der Waals surface area contributed by atoms with Crippen molar-refractivity contribution in [2.45, 2.75) is 18.2 Å². The van der Waals surface area contributed by atoms with E-state index in [4.69, 9.17) is 0 Å². The number of thioether (sulfide) groups is 1. The number of aryl methyl sites for hydroxylation is 1. The molecule has 146 valence electrons. The largest absolute Gasteiger partial charge is 0.322 e. The number of benzene rings is 3. The van der Waals surface area contributed by atoms with Gasteiger partial charge in [0.05, 0.1) is 5.75 Å². The number of nitrogens with one attached hydrogen (secondary N) is 1. The third-order valence-corrected chi connectivity index (χ3v) is 5.94. The Labute approximate surface area is 174 Å². The van der Waals surface area contributed by atoms with E-state index in [2.05, 4.69) is 11.4 Å². The number of anilines is 2. The average Bonchev–Trinajstić information content (AvgIpc) is 3.17. The van der Waals surface area contributed by atoms with Crippen LogP contribution >= 0.6 is 11.8 Å². The molecule has 1 aliphatic heterocycles. The summed E-state index contributed by atoms with van der Waals surface area (Å²) in [5, 5.41) is 2.91. The normalized spacial score (nSPS) is 12.5. The molecular weight excluding hydrogens is 380 g/mol. The van der Waals surface area contributed by atoms with E-state index in [1.807, 2.05) is 72.5 Å². The van der Waals surface area contributed by atoms with E-state index in [1.54, 1.807) is 6.07 Å². The highest BCUT2D eigenvalue weighted by Crippen LogP contribution is 2.29. The lowest BCUT2D eigenvalue weighted by Gasteiger charge is -2.17. The summed E-state index contributed by atoms with van der Waals surface area (Å²) in [5.41, 5.74) is 4.70. The van der Waals surface area contributed by atoms with Crippen LogP contribution in [0.2, 0.25) is 0 Å². The Morgan fingerprint density at radius 2 is 1.79 bits per heavy atom. The first-order valence-electron chi connectivity index (χ1n) is 9.59. The molecule has 1 N–H and O–H groups in total. The number of nitrogens with zero attached hydrogens (tertiary/aromatic N) is 1. The molecule has 4 nitrogen and oxygen atoms in total. The maximum Gasteiger partial charge on any atom is 0.255 e. The van der Waals surface area contributed by atoms with Crippen LogP contribution in [0.3, 0.4) is 0 Å². The number of amides is 2. The quantitative estimate of drug-likeness (QED) is 0.616. The Morgan fingerprint density at radius 1 is 1.00 bits per heavy atom. The minimum absolute atomic E-state index is 0.122. The van der Waals surface area contributed by atoms with Gasteiger partial charge in [0.25, 0.3) is 5.91 Å². The number of hydrogen-bond donors (Lipinski definition) is 1. The monoisotopic (exact) mass is 402 g/mol. The predicted molar refractivity (Wildman–Crippen MR) is 119 cm³/mol. The van der Waals surface area contributed by atoms with Gasteiger partial charge in [0.2, 0.25) is 5.91 Å². The van der Waals surface area contributed by atoms with Crippen molar-refractivity contribution in [3.8, 4) is 0 Å². The van der Waals surface area contributed by atoms with Gasteiger partial charge in [-0.2, -0.15) is 0 Å². The van der Waals surface area contributed by atoms with Crippen LogP contribution in [0.1, 0.15) is 21.5 Å². The summed E-state index contributed by atoms with van der Waals surface area (Å²) in [5.74, 6) is 0.386. The van der Waals surface area contributed by atoms with Gasteiger partial charge in [-0.25, -0.2) is 0 Å². The highest BCUT2D eigenvalue weighted by Gasteiger charge is 2.23. The number of rotatable bonds is 5. The van der Waals surface area contributed by atoms with Gasteiger partial charge in [-0.15, -0.1) is 11.8 Å². The van der Waals surface area contributed by atoms with Gasteiger partial charge in [0, 0.05) is 28.4 Å². The van der Waals surface area contributed by atoms with E-state index in [0.717, 1.165) is 34.8 Å². The Hall–Kier alpha value is -3.05. The van der Waals surface area contributed by atoms with Crippen LogP contribution in [0.25, 0.3) is 0 Å². The summed E-state index contributed by atoms with van der Waals surface area (Å²) in [6, 6.07) is 23.2. The van der Waals surface area contributed by atoms with Crippen molar-refractivity contribution in [2.24, 2.45) is 0 Å². The lowest BCUT2D eigenvalue weighted by Crippen LogP contribution is -2.30. The van der Waals surface area contributed by atoms with E-state index in [0.29, 0.717) is 11.3 Å². The molecule has 2 amide bonds. The van der Waals surface area contributed by atoms with Crippen LogP contribution < -0.4 is 10.2 Å². The van der Waals surface area contributed by atoms with Crippen LogP contribution in [0.4, 0.5) is 11.4 Å². The fourth-order valence-electron chi connectivity index (χ4n) is 3.44. The summed E-state index contributed by atoms with van der Waals surface area (Å²) in [6.07, 6.45) is 0.919. The second-order valence-electron chi connectivity index (χ2n) is 7.06. The van der Waals surface area contributed by atoms with E-state index in [9.17, 15) is 9.59 Å². The van der Waals surface area contributed by atoms with E-state index in [1.165, 1.54) is 17.3 Å². The van der Waals surface area contributed by atoms with Crippen molar-refractivity contribution in [2.75, 3.05) is 22.5 Å². The van der Waals surface area contributed by atoms with Gasteiger partial charge < -0.3 is 10.2 Å². The van der Waals surface area contributed by atoms with Crippen molar-refractivity contribution in [3.05, 3.63) is 89.5 Å². The first-order chi connectivity index (χ1) is 14.1. The Balaban J connectivity index is 1.33. The molecule has 0 saturated heterocycles. The topological polar surface area (TPSA) is 49.4 Å². The highest BCUT2D eigenvalue weighted by molar-refractivity contribution is 8.00. The summed E-state index contributed by atoms with van der Waals surface area (Å²) < 4.78 is 0. The maximum atomic E-state index is 12.6. The summed E-state index contributed by atoms with van der Waals surface area (Å²) in [6.45, 7) is 2.72. The van der Waals surface area contributed by atoms with Crippen molar-refractivity contribution in [3.63, 3.8) is 0 Å². The molecule has 0 radical (unpaired) electrons. The molecule has 29 heavy (non-hydrogen) atoms. The fourth-order valence-corrected chi connectivity index (χ4v) is 4.22. The standard InChI is InChI=1S/C24H22N2O2S/c1-17-5-4-7-19(15-17)24(28)25-20-9-11-21(12-10-20)29-16-23(27)26-14-13-18-6-2-3-8-22(18)26/h2-12,15H,13-14,16H2,1H3,(H,25,28). The molecule has 0 unspecified atom stereocenters. The molecule has 0 spiro atoms. The highest BCUT2D eigenvalue weighted by atomic mass is 32.2. The maximum absolute atomic E-state index is 12.6. The van der Waals surface area contributed by atoms with Gasteiger partial charge >= 0.3 is 0 Å². The average molecular weight is 403 g/mol. The number of carbonyl (C=O) groups is 2. The molecule has 0 aliphatic carbocycles. The van der Waals surface area contributed by atoms with Crippen molar-refractivity contribution < 1.29 is 9.59 Å². The van der Waals surface area contributed by atoms with E-state index >= 15 is 0 Å². The van der Waals surface area contributed by atoms with Crippen LogP contribution in [0.15, 0.2) is 77.7 Å². The molecule has 4 rings (SSSR count).